The Labute approximate surface area is 204 Å². The van der Waals surface area contributed by atoms with Gasteiger partial charge in [0.15, 0.2) is 0 Å². The van der Waals surface area contributed by atoms with E-state index in [1.54, 1.807) is 4.90 Å². The minimum absolute atomic E-state index is 0.0180. The predicted octanol–water partition coefficient (Wildman–Crippen LogP) is 5.40. The normalized spacial score (nSPS) is 11.5. The average molecular weight is 460 g/mol. The molecule has 1 heterocycles. The van der Waals surface area contributed by atoms with Crippen molar-refractivity contribution in [3.05, 3.63) is 95.3 Å². The van der Waals surface area contributed by atoms with Gasteiger partial charge in [-0.15, -0.1) is 0 Å². The molecular formula is C29H37N3O2. The molecule has 0 saturated carbocycles. The minimum Gasteiger partial charge on any atom is -0.353 e. The van der Waals surface area contributed by atoms with E-state index < -0.39 is 0 Å². The molecule has 0 aliphatic carbocycles. The molecule has 0 fully saturated rings. The Morgan fingerprint density at radius 3 is 2.06 bits per heavy atom. The van der Waals surface area contributed by atoms with Crippen LogP contribution in [0.2, 0.25) is 0 Å². The van der Waals surface area contributed by atoms with Crippen molar-refractivity contribution in [3.63, 3.8) is 0 Å². The Kier molecular flexibility index (Phi) is 7.98. The van der Waals surface area contributed by atoms with Gasteiger partial charge in [-0.2, -0.15) is 0 Å². The Balaban J connectivity index is 1.81. The molecule has 0 aliphatic heterocycles. The molecule has 3 rings (SSSR count). The highest BCUT2D eigenvalue weighted by molar-refractivity contribution is 5.96. The van der Waals surface area contributed by atoms with Crippen molar-refractivity contribution in [1.29, 1.82) is 0 Å². The lowest BCUT2D eigenvalue weighted by Gasteiger charge is -2.30. The third-order valence-corrected chi connectivity index (χ3v) is 6.16. The fourth-order valence-electron chi connectivity index (χ4n) is 3.91. The van der Waals surface area contributed by atoms with Crippen LogP contribution in [0.3, 0.4) is 0 Å². The molecule has 0 atom stereocenters. The lowest BCUT2D eigenvalue weighted by molar-refractivity contribution is -0.133. The van der Waals surface area contributed by atoms with Crippen LogP contribution in [0.1, 0.15) is 61.8 Å². The molecular weight excluding hydrogens is 422 g/mol. The van der Waals surface area contributed by atoms with Crippen molar-refractivity contribution < 1.29 is 9.59 Å². The quantitative estimate of drug-likeness (QED) is 0.453. The van der Waals surface area contributed by atoms with Crippen molar-refractivity contribution in [2.45, 2.75) is 59.2 Å². The Bertz CT molecular complexity index is 1090. The molecule has 1 aromatic heterocycles. The number of aromatic nitrogens is 1. The minimum atomic E-state index is -0.123. The summed E-state index contributed by atoms with van der Waals surface area (Å²) in [5.41, 5.74) is 3.90. The fourth-order valence-corrected chi connectivity index (χ4v) is 3.91. The Hall–Kier alpha value is -3.34. The van der Waals surface area contributed by atoms with Crippen molar-refractivity contribution in [3.8, 4) is 0 Å². The predicted molar refractivity (Wildman–Crippen MR) is 137 cm³/mol. The summed E-state index contributed by atoms with van der Waals surface area (Å²) >= 11 is 0. The molecule has 0 spiro atoms. The van der Waals surface area contributed by atoms with Gasteiger partial charge in [-0.3, -0.25) is 9.59 Å². The molecule has 2 amide bonds. The lowest BCUT2D eigenvalue weighted by atomic mass is 9.86. The first-order valence-corrected chi connectivity index (χ1v) is 11.9. The van der Waals surface area contributed by atoms with E-state index in [4.69, 9.17) is 0 Å². The molecule has 0 aliphatic rings. The van der Waals surface area contributed by atoms with Crippen LogP contribution in [0.5, 0.6) is 0 Å². The van der Waals surface area contributed by atoms with E-state index in [-0.39, 0.29) is 29.8 Å². The highest BCUT2D eigenvalue weighted by atomic mass is 16.2. The molecule has 5 heteroatoms. The lowest BCUT2D eigenvalue weighted by Crippen LogP contribution is -2.45. The molecule has 180 valence electrons. The molecule has 0 saturated heterocycles. The molecule has 0 N–H and O–H groups in total. The van der Waals surface area contributed by atoms with Gasteiger partial charge >= 0.3 is 0 Å². The fraction of sp³-hybridized carbons (Fsp3) is 0.379. The SMILES string of the molecule is CC(C)N(CC(=O)N(Cc1ccccc1)Cc1cccn1C)C(=O)c1ccc(C(C)(C)C)cc1. The highest BCUT2D eigenvalue weighted by Gasteiger charge is 2.25. The zero-order valence-electron chi connectivity index (χ0n) is 21.3. The van der Waals surface area contributed by atoms with Crippen LogP contribution in [0.4, 0.5) is 0 Å². The third-order valence-electron chi connectivity index (χ3n) is 6.16. The van der Waals surface area contributed by atoms with E-state index in [0.717, 1.165) is 11.3 Å². The van der Waals surface area contributed by atoms with Crippen LogP contribution in [0, 0.1) is 0 Å². The summed E-state index contributed by atoms with van der Waals surface area (Å²) in [5.74, 6) is -0.194. The zero-order valence-corrected chi connectivity index (χ0v) is 21.3. The van der Waals surface area contributed by atoms with Gasteiger partial charge in [-0.05, 0) is 54.7 Å². The number of carbonyl (C=O) groups excluding carboxylic acids is 2. The van der Waals surface area contributed by atoms with Crippen molar-refractivity contribution in [1.82, 2.24) is 14.4 Å². The van der Waals surface area contributed by atoms with Gasteiger partial charge in [0.2, 0.25) is 5.91 Å². The molecule has 5 nitrogen and oxygen atoms in total. The van der Waals surface area contributed by atoms with Crippen LogP contribution in [0.15, 0.2) is 72.9 Å². The monoisotopic (exact) mass is 459 g/mol. The van der Waals surface area contributed by atoms with Gasteiger partial charge in [0, 0.05) is 37.1 Å². The van der Waals surface area contributed by atoms with Gasteiger partial charge in [0.05, 0.1) is 6.54 Å². The summed E-state index contributed by atoms with van der Waals surface area (Å²) in [5, 5.41) is 0. The number of amides is 2. The van der Waals surface area contributed by atoms with Gasteiger partial charge < -0.3 is 14.4 Å². The van der Waals surface area contributed by atoms with Crippen molar-refractivity contribution in [2.75, 3.05) is 6.54 Å². The summed E-state index contributed by atoms with van der Waals surface area (Å²) in [7, 11) is 1.98. The summed E-state index contributed by atoms with van der Waals surface area (Å²) in [4.78, 5) is 30.4. The number of benzene rings is 2. The Morgan fingerprint density at radius 1 is 0.882 bits per heavy atom. The van der Waals surface area contributed by atoms with Gasteiger partial charge in [0.1, 0.15) is 6.54 Å². The summed E-state index contributed by atoms with van der Waals surface area (Å²) < 4.78 is 2.02. The second-order valence-corrected chi connectivity index (χ2v) is 10.2. The topological polar surface area (TPSA) is 45.6 Å². The molecule has 0 radical (unpaired) electrons. The molecule has 3 aromatic rings. The molecule has 2 aromatic carbocycles. The van der Waals surface area contributed by atoms with Crippen LogP contribution in [-0.4, -0.2) is 38.8 Å². The van der Waals surface area contributed by atoms with Gasteiger partial charge in [-0.1, -0.05) is 63.2 Å². The van der Waals surface area contributed by atoms with Crippen LogP contribution in [0.25, 0.3) is 0 Å². The second-order valence-electron chi connectivity index (χ2n) is 10.2. The molecule has 0 unspecified atom stereocenters. The van der Waals surface area contributed by atoms with E-state index in [0.29, 0.717) is 18.7 Å². The smallest absolute Gasteiger partial charge is 0.254 e. The van der Waals surface area contributed by atoms with E-state index in [2.05, 4.69) is 20.8 Å². The first-order valence-electron chi connectivity index (χ1n) is 11.9. The first kappa shape index (κ1) is 25.3. The average Bonchev–Trinajstić information content (AvgIpc) is 3.20. The number of rotatable bonds is 8. The maximum Gasteiger partial charge on any atom is 0.254 e. The molecule has 34 heavy (non-hydrogen) atoms. The van der Waals surface area contributed by atoms with Crippen LogP contribution >= 0.6 is 0 Å². The van der Waals surface area contributed by atoms with E-state index in [1.807, 2.05) is 103 Å². The highest BCUT2D eigenvalue weighted by Crippen LogP contribution is 2.23. The van der Waals surface area contributed by atoms with Crippen LogP contribution < -0.4 is 0 Å². The van der Waals surface area contributed by atoms with Crippen molar-refractivity contribution in [2.24, 2.45) is 7.05 Å². The maximum atomic E-state index is 13.5. The largest absolute Gasteiger partial charge is 0.353 e. The van der Waals surface area contributed by atoms with E-state index >= 15 is 0 Å². The standard InChI is InChI=1S/C29H37N3O2/c1-22(2)32(28(34)24-14-16-25(17-15-24)29(3,4)5)21-27(33)31(19-23-11-8-7-9-12-23)20-26-13-10-18-30(26)6/h7-18,22H,19-21H2,1-6H3. The van der Waals surface area contributed by atoms with Gasteiger partial charge in [-0.25, -0.2) is 0 Å². The van der Waals surface area contributed by atoms with E-state index in [1.165, 1.54) is 5.56 Å². The number of hydrogen-bond acceptors (Lipinski definition) is 2. The maximum absolute atomic E-state index is 13.5. The number of aryl methyl sites for hydroxylation is 1. The van der Waals surface area contributed by atoms with E-state index in [9.17, 15) is 9.59 Å². The second kappa shape index (κ2) is 10.7. The third kappa shape index (κ3) is 6.37. The van der Waals surface area contributed by atoms with Crippen molar-refractivity contribution >= 4 is 11.8 Å². The van der Waals surface area contributed by atoms with Gasteiger partial charge in [0.25, 0.3) is 5.91 Å². The van der Waals surface area contributed by atoms with Crippen LogP contribution in [-0.2, 0) is 30.3 Å². The Morgan fingerprint density at radius 2 is 1.53 bits per heavy atom. The summed E-state index contributed by atoms with van der Waals surface area (Å²) in [6, 6.07) is 21.6. The number of hydrogen-bond donors (Lipinski definition) is 0. The first-order chi connectivity index (χ1) is 16.1. The number of nitrogens with zero attached hydrogens (tertiary/aromatic N) is 3. The molecule has 0 bridgehead atoms. The summed E-state index contributed by atoms with van der Waals surface area (Å²) in [6.45, 7) is 11.4. The number of carbonyl (C=O) groups is 2. The zero-order chi connectivity index (χ0) is 24.9. The summed E-state index contributed by atoms with van der Waals surface area (Å²) in [6.07, 6.45) is 1.98.